The van der Waals surface area contributed by atoms with Crippen molar-refractivity contribution in [2.45, 2.75) is 11.8 Å². The van der Waals surface area contributed by atoms with E-state index in [1.807, 2.05) is 30.3 Å². The summed E-state index contributed by atoms with van der Waals surface area (Å²) in [5, 5.41) is 6.85. The third-order valence-electron chi connectivity index (χ3n) is 3.58. The number of hydrogen-bond donors (Lipinski definition) is 2. The van der Waals surface area contributed by atoms with Crippen molar-refractivity contribution in [3.05, 3.63) is 60.2 Å². The Kier molecular flexibility index (Phi) is 4.26. The van der Waals surface area contributed by atoms with E-state index in [2.05, 4.69) is 14.9 Å². The molecule has 0 aliphatic heterocycles. The number of H-pyrrole nitrogens is 1. The van der Waals surface area contributed by atoms with Crippen LogP contribution >= 0.6 is 0 Å². The van der Waals surface area contributed by atoms with Crippen LogP contribution < -0.4 is 9.46 Å². The monoisotopic (exact) mass is 343 g/mol. The first-order valence-electron chi connectivity index (χ1n) is 7.28. The number of anilines is 1. The Hall–Kier alpha value is -2.80. The molecule has 0 aliphatic rings. The predicted octanol–water partition coefficient (Wildman–Crippen LogP) is 3.19. The third kappa shape index (κ3) is 3.26. The van der Waals surface area contributed by atoms with Gasteiger partial charge in [-0.2, -0.15) is 5.10 Å². The number of aryl methyl sites for hydroxylation is 1. The van der Waals surface area contributed by atoms with E-state index in [4.69, 9.17) is 4.74 Å². The molecule has 0 fully saturated rings. The molecular formula is C17H17N3O3S. The lowest BCUT2D eigenvalue weighted by Crippen LogP contribution is -2.13. The summed E-state index contributed by atoms with van der Waals surface area (Å²) in [5.74, 6) is 0.877. The van der Waals surface area contributed by atoms with E-state index in [0.29, 0.717) is 5.75 Å². The van der Waals surface area contributed by atoms with Crippen molar-refractivity contribution in [1.29, 1.82) is 0 Å². The SMILES string of the molecule is COc1ccc(S(=O)(=O)Nc2cc(-c3ccccc3)[nH]n2)cc1C. The summed E-state index contributed by atoms with van der Waals surface area (Å²) in [6.45, 7) is 1.79. The van der Waals surface area contributed by atoms with E-state index in [-0.39, 0.29) is 10.7 Å². The van der Waals surface area contributed by atoms with Gasteiger partial charge in [-0.15, -0.1) is 0 Å². The number of methoxy groups -OCH3 is 1. The van der Waals surface area contributed by atoms with Gasteiger partial charge < -0.3 is 4.74 Å². The van der Waals surface area contributed by atoms with Gasteiger partial charge in [0.15, 0.2) is 5.82 Å². The number of sulfonamides is 1. The molecule has 0 unspecified atom stereocenters. The second-order valence-corrected chi connectivity index (χ2v) is 6.95. The van der Waals surface area contributed by atoms with E-state index in [9.17, 15) is 8.42 Å². The van der Waals surface area contributed by atoms with Crippen LogP contribution in [0, 0.1) is 6.92 Å². The average Bonchev–Trinajstić information content (AvgIpc) is 3.03. The first-order valence-corrected chi connectivity index (χ1v) is 8.76. The number of aromatic amines is 1. The Morgan fingerprint density at radius 1 is 1.08 bits per heavy atom. The lowest BCUT2D eigenvalue weighted by atomic mass is 10.2. The Bertz CT molecular complexity index is 950. The highest BCUT2D eigenvalue weighted by molar-refractivity contribution is 7.92. The number of rotatable bonds is 5. The fraction of sp³-hybridized carbons (Fsp3) is 0.118. The van der Waals surface area contributed by atoms with Gasteiger partial charge in [0.05, 0.1) is 17.7 Å². The molecule has 124 valence electrons. The second-order valence-electron chi connectivity index (χ2n) is 5.27. The normalized spacial score (nSPS) is 11.2. The summed E-state index contributed by atoms with van der Waals surface area (Å²) in [7, 11) is -2.17. The van der Waals surface area contributed by atoms with Gasteiger partial charge in [-0.1, -0.05) is 30.3 Å². The lowest BCUT2D eigenvalue weighted by Gasteiger charge is -2.08. The molecule has 3 rings (SSSR count). The van der Waals surface area contributed by atoms with Crippen LogP contribution in [-0.2, 0) is 10.0 Å². The summed E-state index contributed by atoms with van der Waals surface area (Å²) < 4.78 is 32.6. The van der Waals surface area contributed by atoms with Crippen molar-refractivity contribution in [2.24, 2.45) is 0 Å². The van der Waals surface area contributed by atoms with Gasteiger partial charge in [0.25, 0.3) is 10.0 Å². The predicted molar refractivity (Wildman–Crippen MR) is 92.6 cm³/mol. The third-order valence-corrected chi connectivity index (χ3v) is 4.93. The maximum absolute atomic E-state index is 12.5. The van der Waals surface area contributed by atoms with E-state index in [1.54, 1.807) is 32.2 Å². The van der Waals surface area contributed by atoms with Crippen molar-refractivity contribution in [1.82, 2.24) is 10.2 Å². The highest BCUT2D eigenvalue weighted by atomic mass is 32.2. The lowest BCUT2D eigenvalue weighted by molar-refractivity contribution is 0.411. The molecule has 2 aromatic carbocycles. The maximum Gasteiger partial charge on any atom is 0.263 e. The zero-order valence-corrected chi connectivity index (χ0v) is 14.1. The van der Waals surface area contributed by atoms with Crippen molar-refractivity contribution in [2.75, 3.05) is 11.8 Å². The topological polar surface area (TPSA) is 84.1 Å². The standard InChI is InChI=1S/C17H17N3O3S/c1-12-10-14(8-9-16(12)23-2)24(21,22)20-17-11-15(18-19-17)13-6-4-3-5-7-13/h3-11H,1-2H3,(H2,18,19,20). The van der Waals surface area contributed by atoms with Crippen LogP contribution in [0.5, 0.6) is 5.75 Å². The molecule has 1 heterocycles. The molecule has 0 aliphatic carbocycles. The van der Waals surface area contributed by atoms with Crippen molar-refractivity contribution in [3.63, 3.8) is 0 Å². The molecule has 24 heavy (non-hydrogen) atoms. The molecular weight excluding hydrogens is 326 g/mol. The summed E-state index contributed by atoms with van der Waals surface area (Å²) in [6.07, 6.45) is 0. The molecule has 6 nitrogen and oxygen atoms in total. The van der Waals surface area contributed by atoms with Gasteiger partial charge in [-0.05, 0) is 36.2 Å². The number of aromatic nitrogens is 2. The smallest absolute Gasteiger partial charge is 0.263 e. The van der Waals surface area contributed by atoms with Crippen molar-refractivity contribution >= 4 is 15.8 Å². The Labute approximate surface area is 140 Å². The van der Waals surface area contributed by atoms with Crippen LogP contribution in [0.2, 0.25) is 0 Å². The minimum absolute atomic E-state index is 0.157. The van der Waals surface area contributed by atoms with Gasteiger partial charge in [-0.3, -0.25) is 9.82 Å². The molecule has 0 saturated heterocycles. The van der Waals surface area contributed by atoms with Crippen LogP contribution in [0.25, 0.3) is 11.3 Å². The van der Waals surface area contributed by atoms with Crippen molar-refractivity contribution in [3.8, 4) is 17.0 Å². The summed E-state index contributed by atoms with van der Waals surface area (Å²) in [5.41, 5.74) is 2.40. The highest BCUT2D eigenvalue weighted by Gasteiger charge is 2.17. The Morgan fingerprint density at radius 3 is 2.50 bits per heavy atom. The molecule has 2 N–H and O–H groups in total. The zero-order valence-electron chi connectivity index (χ0n) is 13.3. The molecule has 0 amide bonds. The fourth-order valence-electron chi connectivity index (χ4n) is 2.35. The largest absolute Gasteiger partial charge is 0.496 e. The first kappa shape index (κ1) is 16.1. The van der Waals surface area contributed by atoms with Crippen LogP contribution in [0.15, 0.2) is 59.5 Å². The van der Waals surface area contributed by atoms with Crippen LogP contribution in [0.1, 0.15) is 5.56 Å². The van der Waals surface area contributed by atoms with E-state index in [1.165, 1.54) is 6.07 Å². The molecule has 0 radical (unpaired) electrons. The number of ether oxygens (including phenoxy) is 1. The molecule has 0 bridgehead atoms. The van der Waals surface area contributed by atoms with Crippen LogP contribution in [-0.4, -0.2) is 25.7 Å². The molecule has 3 aromatic rings. The summed E-state index contributed by atoms with van der Waals surface area (Å²) >= 11 is 0. The Balaban J connectivity index is 1.85. The second kappa shape index (κ2) is 6.37. The number of nitrogens with zero attached hydrogens (tertiary/aromatic N) is 1. The molecule has 0 saturated carbocycles. The molecule has 1 aromatic heterocycles. The minimum atomic E-state index is -3.72. The minimum Gasteiger partial charge on any atom is -0.496 e. The Morgan fingerprint density at radius 2 is 1.83 bits per heavy atom. The van der Waals surface area contributed by atoms with Gasteiger partial charge in [-0.25, -0.2) is 8.42 Å². The van der Waals surface area contributed by atoms with Crippen LogP contribution in [0.3, 0.4) is 0 Å². The number of benzene rings is 2. The first-order chi connectivity index (χ1) is 11.5. The van der Waals surface area contributed by atoms with Gasteiger partial charge in [0, 0.05) is 6.07 Å². The van der Waals surface area contributed by atoms with Crippen molar-refractivity contribution < 1.29 is 13.2 Å². The summed E-state index contributed by atoms with van der Waals surface area (Å²) in [4.78, 5) is 0.157. The molecule has 7 heteroatoms. The van der Waals surface area contributed by atoms with Crippen LogP contribution in [0.4, 0.5) is 5.82 Å². The average molecular weight is 343 g/mol. The van der Waals surface area contributed by atoms with E-state index < -0.39 is 10.0 Å². The van der Waals surface area contributed by atoms with Gasteiger partial charge in [0.1, 0.15) is 5.75 Å². The van der Waals surface area contributed by atoms with Gasteiger partial charge >= 0.3 is 0 Å². The van der Waals surface area contributed by atoms with E-state index >= 15 is 0 Å². The zero-order chi connectivity index (χ0) is 17.2. The molecule has 0 atom stereocenters. The highest BCUT2D eigenvalue weighted by Crippen LogP contribution is 2.24. The van der Waals surface area contributed by atoms with Gasteiger partial charge in [0.2, 0.25) is 0 Å². The molecule has 0 spiro atoms. The number of hydrogen-bond acceptors (Lipinski definition) is 4. The summed E-state index contributed by atoms with van der Waals surface area (Å²) in [6, 6.07) is 15.9. The quantitative estimate of drug-likeness (QED) is 0.745. The number of nitrogens with one attached hydrogen (secondary N) is 2. The maximum atomic E-state index is 12.5. The fourth-order valence-corrected chi connectivity index (χ4v) is 3.43. The van der Waals surface area contributed by atoms with E-state index in [0.717, 1.165) is 16.8 Å².